The molecule has 0 bridgehead atoms. The van der Waals surface area contributed by atoms with Crippen LogP contribution in [-0.2, 0) is 4.79 Å². The van der Waals surface area contributed by atoms with Gasteiger partial charge in [0.05, 0.1) is 7.11 Å². The highest BCUT2D eigenvalue weighted by atomic mass is 16.5. The minimum absolute atomic E-state index is 0.135. The molecule has 0 saturated carbocycles. The largest absolute Gasteiger partial charge is 0.497 e. The molecule has 1 amide bonds. The van der Waals surface area contributed by atoms with Gasteiger partial charge >= 0.3 is 0 Å². The van der Waals surface area contributed by atoms with E-state index in [4.69, 9.17) is 4.74 Å². The first kappa shape index (κ1) is 15.8. The van der Waals surface area contributed by atoms with Crippen molar-refractivity contribution in [2.45, 2.75) is 19.8 Å². The maximum absolute atomic E-state index is 12.1. The van der Waals surface area contributed by atoms with Gasteiger partial charge in [-0.2, -0.15) is 0 Å². The number of hydrogen-bond acceptors (Lipinski definition) is 2. The molecule has 0 radical (unpaired) electrons. The van der Waals surface area contributed by atoms with Gasteiger partial charge in [0, 0.05) is 11.8 Å². The van der Waals surface area contributed by atoms with E-state index < -0.39 is 0 Å². The van der Waals surface area contributed by atoms with E-state index in [2.05, 4.69) is 19.2 Å². The summed E-state index contributed by atoms with van der Waals surface area (Å²) in [6.07, 6.45) is 3.33. The lowest BCUT2D eigenvalue weighted by atomic mass is 10.0. The van der Waals surface area contributed by atoms with E-state index in [1.807, 2.05) is 48.5 Å². The van der Waals surface area contributed by atoms with Gasteiger partial charge < -0.3 is 10.1 Å². The van der Waals surface area contributed by atoms with Crippen LogP contribution in [0.25, 0.3) is 6.08 Å². The maximum Gasteiger partial charge on any atom is 0.248 e. The van der Waals surface area contributed by atoms with Gasteiger partial charge in [-0.1, -0.05) is 44.2 Å². The Morgan fingerprint density at radius 2 is 1.77 bits per heavy atom. The summed E-state index contributed by atoms with van der Waals surface area (Å²) < 4.78 is 5.11. The normalized spacial score (nSPS) is 10.9. The van der Waals surface area contributed by atoms with Crippen molar-refractivity contribution in [1.82, 2.24) is 0 Å². The van der Waals surface area contributed by atoms with Gasteiger partial charge in [-0.25, -0.2) is 0 Å². The molecule has 22 heavy (non-hydrogen) atoms. The number of anilines is 1. The molecule has 2 aromatic carbocycles. The lowest BCUT2D eigenvalue weighted by Gasteiger charge is -2.12. The quantitative estimate of drug-likeness (QED) is 0.826. The third-order valence-electron chi connectivity index (χ3n) is 3.38. The number of ether oxygens (including phenoxy) is 1. The van der Waals surface area contributed by atoms with Crippen LogP contribution in [0.4, 0.5) is 5.69 Å². The van der Waals surface area contributed by atoms with Crippen LogP contribution in [0.2, 0.25) is 0 Å². The predicted octanol–water partition coefficient (Wildman–Crippen LogP) is 4.47. The average Bonchev–Trinajstić information content (AvgIpc) is 2.53. The summed E-state index contributed by atoms with van der Waals surface area (Å²) in [5.41, 5.74) is 2.95. The summed E-state index contributed by atoms with van der Waals surface area (Å²) in [6.45, 7) is 4.22. The molecular formula is C19H21NO2. The molecule has 0 fully saturated rings. The summed E-state index contributed by atoms with van der Waals surface area (Å²) in [5, 5.41) is 2.93. The molecule has 0 aromatic heterocycles. The van der Waals surface area contributed by atoms with E-state index in [9.17, 15) is 4.79 Å². The van der Waals surface area contributed by atoms with Crippen LogP contribution in [0, 0.1) is 0 Å². The fourth-order valence-corrected chi connectivity index (χ4v) is 2.18. The minimum Gasteiger partial charge on any atom is -0.497 e. The number of nitrogens with one attached hydrogen (secondary N) is 1. The first-order valence-electron chi connectivity index (χ1n) is 7.32. The van der Waals surface area contributed by atoms with Crippen molar-refractivity contribution in [3.8, 4) is 5.75 Å². The van der Waals surface area contributed by atoms with Gasteiger partial charge in [0.15, 0.2) is 0 Å². The molecule has 0 aliphatic heterocycles. The van der Waals surface area contributed by atoms with Crippen LogP contribution in [0.5, 0.6) is 5.75 Å². The molecule has 3 heteroatoms. The van der Waals surface area contributed by atoms with Crippen LogP contribution < -0.4 is 10.1 Å². The smallest absolute Gasteiger partial charge is 0.248 e. The third kappa shape index (κ3) is 4.22. The molecule has 2 aromatic rings. The summed E-state index contributed by atoms with van der Waals surface area (Å²) in [7, 11) is 1.63. The highest BCUT2D eigenvalue weighted by molar-refractivity contribution is 6.02. The van der Waals surface area contributed by atoms with Crippen LogP contribution in [-0.4, -0.2) is 13.0 Å². The first-order chi connectivity index (χ1) is 10.6. The Morgan fingerprint density at radius 3 is 2.41 bits per heavy atom. The number of methoxy groups -OCH3 is 1. The number of amides is 1. The zero-order valence-corrected chi connectivity index (χ0v) is 13.2. The third-order valence-corrected chi connectivity index (χ3v) is 3.38. The van der Waals surface area contributed by atoms with Crippen LogP contribution in [0.3, 0.4) is 0 Å². The second-order valence-electron chi connectivity index (χ2n) is 5.34. The second kappa shape index (κ2) is 7.46. The van der Waals surface area contributed by atoms with Crippen LogP contribution in [0.15, 0.2) is 54.6 Å². The summed E-state index contributed by atoms with van der Waals surface area (Å²) in [5.74, 6) is 1.03. The van der Waals surface area contributed by atoms with Gasteiger partial charge in [0.1, 0.15) is 5.75 Å². The van der Waals surface area contributed by atoms with E-state index in [1.165, 1.54) is 0 Å². The monoisotopic (exact) mass is 295 g/mol. The Hall–Kier alpha value is -2.55. The molecule has 2 rings (SSSR count). The maximum atomic E-state index is 12.1. The van der Waals surface area contributed by atoms with Crippen molar-refractivity contribution in [2.75, 3.05) is 12.4 Å². The lowest BCUT2D eigenvalue weighted by molar-refractivity contribution is -0.111. The van der Waals surface area contributed by atoms with E-state index in [-0.39, 0.29) is 5.91 Å². The lowest BCUT2D eigenvalue weighted by Crippen LogP contribution is -2.10. The molecule has 0 saturated heterocycles. The number of benzene rings is 2. The van der Waals surface area contributed by atoms with E-state index >= 15 is 0 Å². The average molecular weight is 295 g/mol. The zero-order valence-electron chi connectivity index (χ0n) is 13.2. The van der Waals surface area contributed by atoms with Crippen molar-refractivity contribution in [3.05, 3.63) is 65.7 Å². The van der Waals surface area contributed by atoms with E-state index in [0.29, 0.717) is 5.92 Å². The van der Waals surface area contributed by atoms with Crippen molar-refractivity contribution in [1.29, 1.82) is 0 Å². The standard InChI is InChI=1S/C19H21NO2/c1-14(2)17-6-4-5-7-18(17)20-19(21)13-10-15-8-11-16(22-3)12-9-15/h4-14H,1-3H3,(H,20,21)/b13-10+. The summed E-state index contributed by atoms with van der Waals surface area (Å²) in [4.78, 5) is 12.1. The minimum atomic E-state index is -0.135. The Kier molecular flexibility index (Phi) is 5.37. The fourth-order valence-electron chi connectivity index (χ4n) is 2.18. The Labute approximate surface area is 131 Å². The molecule has 0 atom stereocenters. The van der Waals surface area contributed by atoms with Gasteiger partial charge in [0.25, 0.3) is 0 Å². The molecule has 0 heterocycles. The molecule has 0 spiro atoms. The van der Waals surface area contributed by atoms with E-state index in [1.54, 1.807) is 19.3 Å². The van der Waals surface area contributed by atoms with Gasteiger partial charge in [-0.15, -0.1) is 0 Å². The summed E-state index contributed by atoms with van der Waals surface area (Å²) >= 11 is 0. The topological polar surface area (TPSA) is 38.3 Å². The molecule has 0 unspecified atom stereocenters. The molecule has 3 nitrogen and oxygen atoms in total. The Bertz CT molecular complexity index is 657. The fraction of sp³-hybridized carbons (Fsp3) is 0.211. The molecule has 0 aliphatic carbocycles. The zero-order chi connectivity index (χ0) is 15.9. The summed E-state index contributed by atoms with van der Waals surface area (Å²) in [6, 6.07) is 15.4. The molecular weight excluding hydrogens is 274 g/mol. The number of para-hydroxylation sites is 1. The highest BCUT2D eigenvalue weighted by Crippen LogP contribution is 2.23. The van der Waals surface area contributed by atoms with Crippen LogP contribution >= 0.6 is 0 Å². The van der Waals surface area contributed by atoms with Crippen molar-refractivity contribution < 1.29 is 9.53 Å². The molecule has 114 valence electrons. The van der Waals surface area contributed by atoms with Crippen molar-refractivity contribution in [3.63, 3.8) is 0 Å². The molecule has 1 N–H and O–H groups in total. The Morgan fingerprint density at radius 1 is 1.09 bits per heavy atom. The van der Waals surface area contributed by atoms with E-state index in [0.717, 1.165) is 22.6 Å². The second-order valence-corrected chi connectivity index (χ2v) is 5.34. The van der Waals surface area contributed by atoms with Gasteiger partial charge in [-0.3, -0.25) is 4.79 Å². The van der Waals surface area contributed by atoms with Gasteiger partial charge in [0.2, 0.25) is 5.91 Å². The number of carbonyl (C=O) groups is 1. The highest BCUT2D eigenvalue weighted by Gasteiger charge is 2.07. The Balaban J connectivity index is 2.05. The van der Waals surface area contributed by atoms with Crippen molar-refractivity contribution >= 4 is 17.7 Å². The SMILES string of the molecule is COc1ccc(/C=C/C(=O)Nc2ccccc2C(C)C)cc1. The van der Waals surface area contributed by atoms with Crippen LogP contribution in [0.1, 0.15) is 30.9 Å². The predicted molar refractivity (Wildman–Crippen MR) is 91.2 cm³/mol. The number of rotatable bonds is 5. The number of hydrogen-bond donors (Lipinski definition) is 1. The van der Waals surface area contributed by atoms with Gasteiger partial charge in [-0.05, 0) is 41.3 Å². The number of carbonyl (C=O) groups excluding carboxylic acids is 1. The first-order valence-corrected chi connectivity index (χ1v) is 7.32. The van der Waals surface area contributed by atoms with Crippen molar-refractivity contribution in [2.24, 2.45) is 0 Å². The molecule has 0 aliphatic rings.